The Labute approximate surface area is 69.1 Å². The SMILES string of the molecule is NC1CN(Cc2ccno2)C1=O. The lowest BCUT2D eigenvalue weighted by molar-refractivity contribution is -0.143. The largest absolute Gasteiger partial charge is 0.360 e. The van der Waals surface area contributed by atoms with Gasteiger partial charge in [0, 0.05) is 12.6 Å². The van der Waals surface area contributed by atoms with Crippen LogP contribution in [0.15, 0.2) is 16.8 Å². The molecule has 0 aromatic carbocycles. The maximum absolute atomic E-state index is 11.0. The van der Waals surface area contributed by atoms with Crippen LogP contribution in [-0.4, -0.2) is 28.6 Å². The van der Waals surface area contributed by atoms with E-state index in [0.717, 1.165) is 0 Å². The van der Waals surface area contributed by atoms with E-state index in [9.17, 15) is 4.79 Å². The zero-order valence-electron chi connectivity index (χ0n) is 6.43. The highest BCUT2D eigenvalue weighted by Gasteiger charge is 2.33. The van der Waals surface area contributed by atoms with E-state index in [-0.39, 0.29) is 11.9 Å². The molecule has 12 heavy (non-hydrogen) atoms. The zero-order valence-corrected chi connectivity index (χ0v) is 6.43. The standard InChI is InChI=1S/C7H9N3O2/c8-6-4-10(7(6)11)3-5-1-2-9-12-5/h1-2,6H,3-4,8H2. The third-order valence-corrected chi connectivity index (χ3v) is 1.88. The van der Waals surface area contributed by atoms with E-state index in [0.29, 0.717) is 18.8 Å². The summed E-state index contributed by atoms with van der Waals surface area (Å²) in [6.07, 6.45) is 1.56. The van der Waals surface area contributed by atoms with E-state index < -0.39 is 0 Å². The van der Waals surface area contributed by atoms with Gasteiger partial charge >= 0.3 is 0 Å². The number of nitrogens with two attached hydrogens (primary N) is 1. The van der Waals surface area contributed by atoms with Crippen molar-refractivity contribution in [3.8, 4) is 0 Å². The van der Waals surface area contributed by atoms with Gasteiger partial charge < -0.3 is 15.2 Å². The molecule has 1 aromatic rings. The molecule has 5 nitrogen and oxygen atoms in total. The van der Waals surface area contributed by atoms with Crippen molar-refractivity contribution in [3.63, 3.8) is 0 Å². The summed E-state index contributed by atoms with van der Waals surface area (Å²) in [5.41, 5.74) is 5.40. The van der Waals surface area contributed by atoms with Crippen LogP contribution >= 0.6 is 0 Å². The Morgan fingerprint density at radius 2 is 2.67 bits per heavy atom. The molecule has 0 saturated carbocycles. The fourth-order valence-corrected chi connectivity index (χ4v) is 1.18. The topological polar surface area (TPSA) is 72.4 Å². The van der Waals surface area contributed by atoms with Crippen LogP contribution in [-0.2, 0) is 11.3 Å². The summed E-state index contributed by atoms with van der Waals surface area (Å²) in [5, 5.41) is 3.53. The number of nitrogens with zero attached hydrogens (tertiary/aromatic N) is 2. The molecule has 1 saturated heterocycles. The minimum Gasteiger partial charge on any atom is -0.360 e. The van der Waals surface area contributed by atoms with Crippen LogP contribution in [0.1, 0.15) is 5.76 Å². The van der Waals surface area contributed by atoms with Gasteiger partial charge in [0.05, 0.1) is 12.7 Å². The average molecular weight is 167 g/mol. The Kier molecular flexibility index (Phi) is 1.58. The number of likely N-dealkylation sites (tertiary alicyclic amines) is 1. The molecule has 0 radical (unpaired) electrons. The molecule has 2 heterocycles. The highest BCUT2D eigenvalue weighted by molar-refractivity contribution is 5.87. The van der Waals surface area contributed by atoms with Crippen molar-refractivity contribution in [1.82, 2.24) is 10.1 Å². The Hall–Kier alpha value is -1.36. The van der Waals surface area contributed by atoms with Crippen LogP contribution in [0.5, 0.6) is 0 Å². The van der Waals surface area contributed by atoms with Crippen LogP contribution in [0.3, 0.4) is 0 Å². The van der Waals surface area contributed by atoms with Crippen LogP contribution in [0.2, 0.25) is 0 Å². The Morgan fingerprint density at radius 1 is 1.83 bits per heavy atom. The van der Waals surface area contributed by atoms with Crippen LogP contribution < -0.4 is 5.73 Å². The minimum absolute atomic E-state index is 0.0219. The fourth-order valence-electron chi connectivity index (χ4n) is 1.18. The van der Waals surface area contributed by atoms with Crippen molar-refractivity contribution in [3.05, 3.63) is 18.0 Å². The predicted molar refractivity (Wildman–Crippen MR) is 39.9 cm³/mol. The normalized spacial score (nSPS) is 22.6. The fraction of sp³-hybridized carbons (Fsp3) is 0.429. The van der Waals surface area contributed by atoms with Crippen molar-refractivity contribution >= 4 is 5.91 Å². The second-order valence-corrected chi connectivity index (χ2v) is 2.80. The first-order chi connectivity index (χ1) is 5.77. The number of rotatable bonds is 2. The highest BCUT2D eigenvalue weighted by Crippen LogP contribution is 2.12. The van der Waals surface area contributed by atoms with Gasteiger partial charge in [0.15, 0.2) is 5.76 Å². The molecule has 1 unspecified atom stereocenters. The first-order valence-electron chi connectivity index (χ1n) is 3.71. The minimum atomic E-state index is -0.312. The third-order valence-electron chi connectivity index (χ3n) is 1.88. The van der Waals surface area contributed by atoms with E-state index >= 15 is 0 Å². The van der Waals surface area contributed by atoms with Gasteiger partial charge in [-0.3, -0.25) is 4.79 Å². The van der Waals surface area contributed by atoms with Crippen LogP contribution in [0.25, 0.3) is 0 Å². The molecule has 64 valence electrons. The van der Waals surface area contributed by atoms with E-state index in [2.05, 4.69) is 5.16 Å². The molecule has 0 spiro atoms. The van der Waals surface area contributed by atoms with E-state index in [1.54, 1.807) is 17.2 Å². The van der Waals surface area contributed by atoms with Crippen molar-refractivity contribution in [2.45, 2.75) is 12.6 Å². The maximum atomic E-state index is 11.0. The van der Waals surface area contributed by atoms with Crippen LogP contribution in [0, 0.1) is 0 Å². The van der Waals surface area contributed by atoms with Gasteiger partial charge in [0.25, 0.3) is 0 Å². The average Bonchev–Trinajstić information content (AvgIpc) is 2.56. The van der Waals surface area contributed by atoms with Crippen molar-refractivity contribution in [2.75, 3.05) is 6.54 Å². The summed E-state index contributed by atoms with van der Waals surface area (Å²) in [5.74, 6) is 0.668. The van der Waals surface area contributed by atoms with Gasteiger partial charge in [-0.25, -0.2) is 0 Å². The third kappa shape index (κ3) is 1.08. The molecule has 5 heteroatoms. The van der Waals surface area contributed by atoms with Crippen molar-refractivity contribution < 1.29 is 9.32 Å². The number of carbonyl (C=O) groups excluding carboxylic acids is 1. The molecular formula is C7H9N3O2. The Morgan fingerprint density at radius 3 is 3.17 bits per heavy atom. The molecule has 1 atom stereocenters. The number of amides is 1. The molecule has 0 bridgehead atoms. The van der Waals surface area contributed by atoms with Gasteiger partial charge in [-0.05, 0) is 0 Å². The van der Waals surface area contributed by atoms with Crippen molar-refractivity contribution in [1.29, 1.82) is 0 Å². The molecular weight excluding hydrogens is 158 g/mol. The quantitative estimate of drug-likeness (QED) is 0.594. The van der Waals surface area contributed by atoms with E-state index in [1.165, 1.54) is 0 Å². The maximum Gasteiger partial charge on any atom is 0.241 e. The number of β-lactam (4-membered cyclic amide) rings is 1. The molecule has 1 aliphatic heterocycles. The number of hydrogen-bond donors (Lipinski definition) is 1. The molecule has 2 N–H and O–H groups in total. The lowest BCUT2D eigenvalue weighted by Gasteiger charge is -2.35. The number of carbonyl (C=O) groups is 1. The summed E-state index contributed by atoms with van der Waals surface area (Å²) < 4.78 is 4.84. The van der Waals surface area contributed by atoms with E-state index in [4.69, 9.17) is 10.3 Å². The highest BCUT2D eigenvalue weighted by atomic mass is 16.5. The molecule has 1 aromatic heterocycles. The summed E-state index contributed by atoms with van der Waals surface area (Å²) in [7, 11) is 0. The van der Waals surface area contributed by atoms with Gasteiger partial charge in [-0.2, -0.15) is 0 Å². The van der Waals surface area contributed by atoms with Gasteiger partial charge in [0.2, 0.25) is 5.91 Å². The number of aromatic nitrogens is 1. The summed E-state index contributed by atoms with van der Waals surface area (Å²) in [4.78, 5) is 12.7. The molecule has 1 amide bonds. The van der Waals surface area contributed by atoms with Gasteiger partial charge in [0.1, 0.15) is 6.04 Å². The number of hydrogen-bond acceptors (Lipinski definition) is 4. The second-order valence-electron chi connectivity index (χ2n) is 2.80. The predicted octanol–water partition coefficient (Wildman–Crippen LogP) is -0.656. The molecule has 2 rings (SSSR count). The zero-order chi connectivity index (χ0) is 8.55. The lowest BCUT2D eigenvalue weighted by atomic mass is 10.1. The smallest absolute Gasteiger partial charge is 0.241 e. The molecule has 0 aliphatic carbocycles. The van der Waals surface area contributed by atoms with E-state index in [1.807, 2.05) is 0 Å². The van der Waals surface area contributed by atoms with Crippen molar-refractivity contribution in [2.24, 2.45) is 5.73 Å². The second kappa shape index (κ2) is 2.60. The van der Waals surface area contributed by atoms with Gasteiger partial charge in [-0.1, -0.05) is 5.16 Å². The summed E-state index contributed by atoms with van der Waals surface area (Å²) >= 11 is 0. The lowest BCUT2D eigenvalue weighted by Crippen LogP contribution is -2.60. The first-order valence-corrected chi connectivity index (χ1v) is 3.71. The monoisotopic (exact) mass is 167 g/mol. The molecule has 1 fully saturated rings. The van der Waals surface area contributed by atoms with Crippen LogP contribution in [0.4, 0.5) is 0 Å². The summed E-state index contributed by atoms with van der Waals surface area (Å²) in [6, 6.07) is 1.42. The van der Waals surface area contributed by atoms with Gasteiger partial charge in [-0.15, -0.1) is 0 Å². The molecule has 1 aliphatic rings. The Balaban J connectivity index is 1.94. The Bertz CT molecular complexity index is 283. The summed E-state index contributed by atoms with van der Waals surface area (Å²) in [6.45, 7) is 1.09. The first kappa shape index (κ1) is 7.30.